The van der Waals surface area contributed by atoms with E-state index in [1.807, 2.05) is 23.9 Å². The fraction of sp³-hybridized carbons (Fsp3) is 0.391. The molecule has 0 bridgehead atoms. The number of ether oxygens (including phenoxy) is 2. The van der Waals surface area contributed by atoms with Crippen molar-refractivity contribution in [3.8, 4) is 11.1 Å². The first kappa shape index (κ1) is 22.0. The zero-order valence-electron chi connectivity index (χ0n) is 16.8. The zero-order valence-corrected chi connectivity index (χ0v) is 17.6. The van der Waals surface area contributed by atoms with Crippen molar-refractivity contribution >= 4 is 23.7 Å². The predicted molar refractivity (Wildman–Crippen MR) is 114 cm³/mol. The van der Waals surface area contributed by atoms with Crippen LogP contribution in [-0.2, 0) is 14.3 Å². The van der Waals surface area contributed by atoms with Crippen molar-refractivity contribution in [2.45, 2.75) is 51.0 Å². The van der Waals surface area contributed by atoms with E-state index < -0.39 is 18.0 Å². The maximum atomic E-state index is 12.2. The molecule has 2 aromatic rings. The van der Waals surface area contributed by atoms with Crippen LogP contribution >= 0.6 is 11.8 Å². The van der Waals surface area contributed by atoms with Gasteiger partial charge < -0.3 is 9.47 Å². The quantitative estimate of drug-likeness (QED) is 0.289. The van der Waals surface area contributed by atoms with Crippen LogP contribution < -0.4 is 0 Å². The summed E-state index contributed by atoms with van der Waals surface area (Å²) in [5, 5.41) is 0. The minimum Gasteiger partial charge on any atom is -0.463 e. The summed E-state index contributed by atoms with van der Waals surface area (Å²) in [6.45, 7) is 5.69. The van der Waals surface area contributed by atoms with Gasteiger partial charge in [-0.1, -0.05) is 44.0 Å². The van der Waals surface area contributed by atoms with Crippen molar-refractivity contribution in [1.82, 2.24) is 0 Å². The molecule has 0 fully saturated rings. The highest BCUT2D eigenvalue weighted by Crippen LogP contribution is 2.25. The first-order valence-electron chi connectivity index (χ1n) is 9.76. The molecule has 0 spiro atoms. The average Bonchev–Trinajstić information content (AvgIpc) is 2.72. The zero-order chi connectivity index (χ0) is 20.4. The molecule has 5 heteroatoms. The van der Waals surface area contributed by atoms with E-state index in [4.69, 9.17) is 9.47 Å². The lowest BCUT2D eigenvalue weighted by molar-refractivity contribution is -0.152. The van der Waals surface area contributed by atoms with Crippen molar-refractivity contribution < 1.29 is 19.1 Å². The van der Waals surface area contributed by atoms with Gasteiger partial charge >= 0.3 is 11.9 Å². The Morgan fingerprint density at radius 2 is 1.54 bits per heavy atom. The summed E-state index contributed by atoms with van der Waals surface area (Å²) in [4.78, 5) is 25.0. The molecule has 150 valence electrons. The lowest BCUT2D eigenvalue weighted by atomic mass is 10.0. The van der Waals surface area contributed by atoms with Gasteiger partial charge in [-0.05, 0) is 61.4 Å². The Kier molecular flexibility index (Phi) is 9.08. The molecule has 0 aliphatic rings. The monoisotopic (exact) mass is 400 g/mol. The number of hydrogen-bond acceptors (Lipinski definition) is 5. The minimum atomic E-state index is -0.922. The highest BCUT2D eigenvalue weighted by atomic mass is 32.2. The molecule has 0 aliphatic carbocycles. The summed E-state index contributed by atoms with van der Waals surface area (Å²) >= 11 is 1.88. The molecule has 0 saturated heterocycles. The summed E-state index contributed by atoms with van der Waals surface area (Å²) in [6, 6.07) is 15.6. The van der Waals surface area contributed by atoms with Crippen LogP contribution in [0.2, 0.25) is 0 Å². The number of thioether (sulfide) groups is 1. The van der Waals surface area contributed by atoms with E-state index in [0.29, 0.717) is 5.56 Å². The maximum absolute atomic E-state index is 12.2. The van der Waals surface area contributed by atoms with Crippen LogP contribution in [-0.4, -0.2) is 30.4 Å². The van der Waals surface area contributed by atoms with E-state index in [1.165, 1.54) is 31.1 Å². The van der Waals surface area contributed by atoms with Gasteiger partial charge in [-0.25, -0.2) is 9.59 Å². The van der Waals surface area contributed by atoms with Gasteiger partial charge in [-0.15, -0.1) is 11.8 Å². The summed E-state index contributed by atoms with van der Waals surface area (Å²) in [7, 11) is 0. The van der Waals surface area contributed by atoms with E-state index in [-0.39, 0.29) is 6.61 Å². The topological polar surface area (TPSA) is 52.6 Å². The Balaban J connectivity index is 1.94. The molecule has 0 aliphatic heterocycles. The molecule has 0 N–H and O–H groups in total. The standard InChI is InChI=1S/C23H28O4S/c1-4-6-7-16-28-21-14-12-19(13-15-21)18-8-10-20(11-9-18)23(25)27-17(3)22(24)26-5-2/h8-15,17H,4-7,16H2,1-3H3/t17-/m0/s1. The van der Waals surface area contributed by atoms with E-state index in [2.05, 4.69) is 31.2 Å². The fourth-order valence-electron chi connectivity index (χ4n) is 2.62. The van der Waals surface area contributed by atoms with Crippen LogP contribution in [0.25, 0.3) is 11.1 Å². The van der Waals surface area contributed by atoms with Crippen LogP contribution in [0.3, 0.4) is 0 Å². The van der Waals surface area contributed by atoms with Gasteiger partial charge in [0.2, 0.25) is 0 Å². The van der Waals surface area contributed by atoms with Gasteiger partial charge in [0.05, 0.1) is 12.2 Å². The molecule has 2 aromatic carbocycles. The maximum Gasteiger partial charge on any atom is 0.347 e. The fourth-order valence-corrected chi connectivity index (χ4v) is 3.53. The van der Waals surface area contributed by atoms with Gasteiger partial charge in [0.1, 0.15) is 0 Å². The Bertz CT molecular complexity index is 753. The van der Waals surface area contributed by atoms with Crippen molar-refractivity contribution in [3.63, 3.8) is 0 Å². The number of hydrogen-bond donors (Lipinski definition) is 0. The summed E-state index contributed by atoms with van der Waals surface area (Å²) < 4.78 is 10.00. The Hall–Kier alpha value is -2.27. The highest BCUT2D eigenvalue weighted by Gasteiger charge is 2.19. The van der Waals surface area contributed by atoms with Crippen LogP contribution in [0.15, 0.2) is 53.4 Å². The van der Waals surface area contributed by atoms with Gasteiger partial charge in [-0.3, -0.25) is 0 Å². The second-order valence-electron chi connectivity index (χ2n) is 6.46. The number of carbonyl (C=O) groups excluding carboxylic acids is 2. The molecular formula is C23H28O4S. The Morgan fingerprint density at radius 1 is 0.929 bits per heavy atom. The first-order valence-corrected chi connectivity index (χ1v) is 10.7. The van der Waals surface area contributed by atoms with Crippen molar-refractivity contribution in [2.24, 2.45) is 0 Å². The first-order chi connectivity index (χ1) is 13.5. The number of rotatable bonds is 10. The third kappa shape index (κ3) is 6.71. The number of unbranched alkanes of at least 4 members (excludes halogenated alkanes) is 2. The SMILES string of the molecule is CCCCCSc1ccc(-c2ccc(C(=O)O[C@@H](C)C(=O)OCC)cc2)cc1. The molecule has 0 saturated carbocycles. The average molecular weight is 401 g/mol. The van der Waals surface area contributed by atoms with Gasteiger partial charge in [-0.2, -0.15) is 0 Å². The number of benzene rings is 2. The summed E-state index contributed by atoms with van der Waals surface area (Å²) in [5.74, 6) is 0.0693. The molecular weight excluding hydrogens is 372 g/mol. The second kappa shape index (κ2) is 11.5. The third-order valence-electron chi connectivity index (χ3n) is 4.23. The predicted octanol–water partition coefficient (Wildman–Crippen LogP) is 5.74. The second-order valence-corrected chi connectivity index (χ2v) is 7.63. The van der Waals surface area contributed by atoms with Gasteiger partial charge in [0.15, 0.2) is 6.10 Å². The van der Waals surface area contributed by atoms with Gasteiger partial charge in [0, 0.05) is 4.90 Å². The van der Waals surface area contributed by atoms with Crippen LogP contribution in [0, 0.1) is 0 Å². The normalized spacial score (nSPS) is 11.7. The smallest absolute Gasteiger partial charge is 0.347 e. The Morgan fingerprint density at radius 3 is 2.11 bits per heavy atom. The number of carbonyl (C=O) groups is 2. The molecule has 4 nitrogen and oxygen atoms in total. The van der Waals surface area contributed by atoms with Crippen molar-refractivity contribution in [1.29, 1.82) is 0 Å². The number of esters is 2. The summed E-state index contributed by atoms with van der Waals surface area (Å²) in [6.07, 6.45) is 2.84. The summed E-state index contributed by atoms with van der Waals surface area (Å²) in [5.41, 5.74) is 2.53. The van der Waals surface area contributed by atoms with E-state index in [9.17, 15) is 9.59 Å². The lowest BCUT2D eigenvalue weighted by Gasteiger charge is -2.12. The van der Waals surface area contributed by atoms with Crippen LogP contribution in [0.1, 0.15) is 50.4 Å². The van der Waals surface area contributed by atoms with Crippen LogP contribution in [0.5, 0.6) is 0 Å². The largest absolute Gasteiger partial charge is 0.463 e. The third-order valence-corrected chi connectivity index (χ3v) is 5.33. The molecule has 1 atom stereocenters. The molecule has 0 radical (unpaired) electrons. The molecule has 0 aromatic heterocycles. The molecule has 0 unspecified atom stereocenters. The van der Waals surface area contributed by atoms with E-state index in [1.54, 1.807) is 19.1 Å². The molecule has 28 heavy (non-hydrogen) atoms. The van der Waals surface area contributed by atoms with E-state index >= 15 is 0 Å². The van der Waals surface area contributed by atoms with Crippen molar-refractivity contribution in [3.05, 3.63) is 54.1 Å². The van der Waals surface area contributed by atoms with Crippen molar-refractivity contribution in [2.75, 3.05) is 12.4 Å². The molecule has 0 amide bonds. The van der Waals surface area contributed by atoms with Gasteiger partial charge in [0.25, 0.3) is 0 Å². The van der Waals surface area contributed by atoms with E-state index in [0.717, 1.165) is 16.9 Å². The van der Waals surface area contributed by atoms with Crippen LogP contribution in [0.4, 0.5) is 0 Å². The lowest BCUT2D eigenvalue weighted by Crippen LogP contribution is -2.26. The minimum absolute atomic E-state index is 0.255. The highest BCUT2D eigenvalue weighted by molar-refractivity contribution is 7.99. The Labute approximate surface area is 171 Å². The molecule has 2 rings (SSSR count). The molecule has 0 heterocycles.